The van der Waals surface area contributed by atoms with E-state index in [1.807, 2.05) is 17.9 Å². The largest absolute Gasteiger partial charge is 0.478 e. The van der Waals surface area contributed by atoms with Gasteiger partial charge in [-0.1, -0.05) is 6.07 Å². The summed E-state index contributed by atoms with van der Waals surface area (Å²) in [6, 6.07) is 3.72. The molecule has 0 aromatic carbocycles. The zero-order valence-electron chi connectivity index (χ0n) is 10.8. The molecule has 7 heteroatoms. The zero-order chi connectivity index (χ0) is 13.7. The first kappa shape index (κ1) is 13.3. The Hall–Kier alpha value is -2.18. The first-order valence-corrected chi connectivity index (χ1v) is 6.17. The van der Waals surface area contributed by atoms with Crippen LogP contribution in [-0.2, 0) is 6.54 Å². The van der Waals surface area contributed by atoms with E-state index in [0.29, 0.717) is 31.4 Å². The summed E-state index contributed by atoms with van der Waals surface area (Å²) in [6.07, 6.45) is 1.73. The first-order valence-electron chi connectivity index (χ1n) is 6.17. The minimum absolute atomic E-state index is 0.218. The van der Waals surface area contributed by atoms with Gasteiger partial charge < -0.3 is 9.64 Å². The highest BCUT2D eigenvalue weighted by Gasteiger charge is 2.21. The molecule has 0 atom stereocenters. The molecular weight excluding hydrogens is 248 g/mol. The Kier molecular flexibility index (Phi) is 4.27. The third-order valence-electron chi connectivity index (χ3n) is 2.76. The standard InChI is InChI=1S/C12H16N4O3/c1-2-19-12-4-3-10(7-14-12)8-15-6-5-13-11(15)9-16(17)18/h3-4,7H,2,5-6,8-9H2,1H3. The van der Waals surface area contributed by atoms with E-state index in [-0.39, 0.29) is 11.5 Å². The van der Waals surface area contributed by atoms with Crippen molar-refractivity contribution in [2.75, 3.05) is 26.2 Å². The maximum atomic E-state index is 10.5. The fourth-order valence-electron chi connectivity index (χ4n) is 1.92. The highest BCUT2D eigenvalue weighted by atomic mass is 16.6. The molecule has 1 aromatic heterocycles. The van der Waals surface area contributed by atoms with Gasteiger partial charge in [0, 0.05) is 30.3 Å². The lowest BCUT2D eigenvalue weighted by Gasteiger charge is -2.18. The molecule has 1 aliphatic rings. The molecule has 0 saturated heterocycles. The highest BCUT2D eigenvalue weighted by Crippen LogP contribution is 2.12. The topological polar surface area (TPSA) is 80.9 Å². The van der Waals surface area contributed by atoms with E-state index >= 15 is 0 Å². The van der Waals surface area contributed by atoms with E-state index in [0.717, 1.165) is 12.1 Å². The van der Waals surface area contributed by atoms with E-state index in [1.54, 1.807) is 12.3 Å². The van der Waals surface area contributed by atoms with Crippen LogP contribution in [0.3, 0.4) is 0 Å². The molecule has 0 bridgehead atoms. The number of pyridine rings is 1. The van der Waals surface area contributed by atoms with Crippen molar-refractivity contribution in [1.82, 2.24) is 9.88 Å². The number of hydrogen-bond acceptors (Lipinski definition) is 6. The minimum Gasteiger partial charge on any atom is -0.478 e. The summed E-state index contributed by atoms with van der Waals surface area (Å²) in [5.41, 5.74) is 0.987. The second kappa shape index (κ2) is 6.12. The quantitative estimate of drug-likeness (QED) is 0.565. The lowest BCUT2D eigenvalue weighted by atomic mass is 10.2. The molecule has 19 heavy (non-hydrogen) atoms. The summed E-state index contributed by atoms with van der Waals surface area (Å²) in [5.74, 6) is 1.13. The van der Waals surface area contributed by atoms with Crippen LogP contribution >= 0.6 is 0 Å². The Bertz CT molecular complexity index is 472. The lowest BCUT2D eigenvalue weighted by Crippen LogP contribution is -2.32. The van der Waals surface area contributed by atoms with Crippen LogP contribution in [0.2, 0.25) is 0 Å². The fraction of sp³-hybridized carbons (Fsp3) is 0.500. The van der Waals surface area contributed by atoms with Gasteiger partial charge in [0.25, 0.3) is 6.54 Å². The van der Waals surface area contributed by atoms with Crippen molar-refractivity contribution in [3.8, 4) is 5.88 Å². The predicted octanol–water partition coefficient (Wildman–Crippen LogP) is 0.971. The Morgan fingerprint density at radius 2 is 2.37 bits per heavy atom. The smallest absolute Gasteiger partial charge is 0.260 e. The summed E-state index contributed by atoms with van der Waals surface area (Å²) in [4.78, 5) is 20.4. The van der Waals surface area contributed by atoms with Crippen LogP contribution < -0.4 is 4.74 Å². The van der Waals surface area contributed by atoms with E-state index in [2.05, 4.69) is 9.98 Å². The maximum absolute atomic E-state index is 10.5. The Balaban J connectivity index is 1.97. The molecule has 0 fully saturated rings. The van der Waals surface area contributed by atoms with Gasteiger partial charge in [-0.25, -0.2) is 4.98 Å². The van der Waals surface area contributed by atoms with Crippen molar-refractivity contribution in [2.24, 2.45) is 4.99 Å². The average Bonchev–Trinajstić information content (AvgIpc) is 2.79. The van der Waals surface area contributed by atoms with E-state index in [4.69, 9.17) is 4.74 Å². The molecule has 0 saturated carbocycles. The fourth-order valence-corrected chi connectivity index (χ4v) is 1.92. The molecule has 0 radical (unpaired) electrons. The summed E-state index contributed by atoms with van der Waals surface area (Å²) in [6.45, 7) is 4.19. The first-order chi connectivity index (χ1) is 9.19. The van der Waals surface area contributed by atoms with Crippen molar-refractivity contribution in [3.05, 3.63) is 34.0 Å². The molecule has 0 N–H and O–H groups in total. The molecule has 102 valence electrons. The number of aromatic nitrogens is 1. The molecule has 0 amide bonds. The second-order valence-corrected chi connectivity index (χ2v) is 4.15. The van der Waals surface area contributed by atoms with Gasteiger partial charge in [0.15, 0.2) is 5.84 Å². The van der Waals surface area contributed by atoms with Crippen LogP contribution in [0, 0.1) is 10.1 Å². The number of aliphatic imine (C=N–C) groups is 1. The van der Waals surface area contributed by atoms with Gasteiger partial charge in [-0.2, -0.15) is 0 Å². The number of nitro groups is 1. The van der Waals surface area contributed by atoms with E-state index < -0.39 is 0 Å². The van der Waals surface area contributed by atoms with Crippen molar-refractivity contribution < 1.29 is 9.66 Å². The van der Waals surface area contributed by atoms with Gasteiger partial charge in [-0.3, -0.25) is 15.1 Å². The average molecular weight is 264 g/mol. The molecule has 1 aromatic rings. The van der Waals surface area contributed by atoms with Crippen molar-refractivity contribution in [2.45, 2.75) is 13.5 Å². The molecular formula is C12H16N4O3. The van der Waals surface area contributed by atoms with Crippen molar-refractivity contribution >= 4 is 5.84 Å². The van der Waals surface area contributed by atoms with Crippen molar-refractivity contribution in [1.29, 1.82) is 0 Å². The van der Waals surface area contributed by atoms with Crippen molar-refractivity contribution in [3.63, 3.8) is 0 Å². The van der Waals surface area contributed by atoms with E-state index in [9.17, 15) is 10.1 Å². The van der Waals surface area contributed by atoms with Gasteiger partial charge >= 0.3 is 0 Å². The molecule has 0 aliphatic carbocycles. The summed E-state index contributed by atoms with van der Waals surface area (Å²) in [7, 11) is 0. The zero-order valence-corrected chi connectivity index (χ0v) is 10.8. The molecule has 2 heterocycles. The van der Waals surface area contributed by atoms with Crippen LogP contribution in [0.5, 0.6) is 5.88 Å². The third-order valence-corrected chi connectivity index (χ3v) is 2.76. The number of amidine groups is 1. The Labute approximate surface area is 111 Å². The number of nitrogens with zero attached hydrogens (tertiary/aromatic N) is 4. The summed E-state index contributed by atoms with van der Waals surface area (Å²) < 4.78 is 5.27. The van der Waals surface area contributed by atoms with Crippen LogP contribution in [0.15, 0.2) is 23.3 Å². The monoisotopic (exact) mass is 264 g/mol. The van der Waals surface area contributed by atoms with Crippen LogP contribution in [0.1, 0.15) is 12.5 Å². The normalized spacial score (nSPS) is 14.4. The maximum Gasteiger partial charge on any atom is 0.260 e. The number of hydrogen-bond donors (Lipinski definition) is 0. The Morgan fingerprint density at radius 3 is 3.00 bits per heavy atom. The third kappa shape index (κ3) is 3.64. The number of ether oxygens (including phenoxy) is 1. The predicted molar refractivity (Wildman–Crippen MR) is 70.0 cm³/mol. The van der Waals surface area contributed by atoms with E-state index in [1.165, 1.54) is 0 Å². The van der Waals surface area contributed by atoms with Gasteiger partial charge in [0.05, 0.1) is 13.2 Å². The van der Waals surface area contributed by atoms with Gasteiger partial charge in [0.2, 0.25) is 5.88 Å². The Morgan fingerprint density at radius 1 is 1.53 bits per heavy atom. The second-order valence-electron chi connectivity index (χ2n) is 4.15. The molecule has 0 unspecified atom stereocenters. The van der Waals surface area contributed by atoms with Gasteiger partial charge in [-0.05, 0) is 12.5 Å². The molecule has 2 rings (SSSR count). The SMILES string of the molecule is CCOc1ccc(CN2CCN=C2C[N+](=O)[O-])cn1. The van der Waals surface area contributed by atoms with Crippen LogP contribution in [-0.4, -0.2) is 46.9 Å². The molecule has 7 nitrogen and oxygen atoms in total. The number of rotatable bonds is 6. The van der Waals surface area contributed by atoms with Crippen LogP contribution in [0.4, 0.5) is 0 Å². The summed E-state index contributed by atoms with van der Waals surface area (Å²) >= 11 is 0. The van der Waals surface area contributed by atoms with Gasteiger partial charge in [-0.15, -0.1) is 0 Å². The summed E-state index contributed by atoms with van der Waals surface area (Å²) in [5, 5.41) is 10.5. The van der Waals surface area contributed by atoms with Gasteiger partial charge in [0.1, 0.15) is 0 Å². The molecule has 0 spiro atoms. The minimum atomic E-state index is -0.354. The lowest BCUT2D eigenvalue weighted by molar-refractivity contribution is -0.464. The highest BCUT2D eigenvalue weighted by molar-refractivity contribution is 5.84. The van der Waals surface area contributed by atoms with Crippen LogP contribution in [0.25, 0.3) is 0 Å². The molecule has 1 aliphatic heterocycles.